The third-order valence-electron chi connectivity index (χ3n) is 4.98. The van der Waals surface area contributed by atoms with Crippen molar-refractivity contribution in [1.82, 2.24) is 19.4 Å². The molecular weight excluding hydrogens is 274 g/mol. The van der Waals surface area contributed by atoms with Crippen LogP contribution in [-0.4, -0.2) is 46.1 Å². The molecule has 1 saturated heterocycles. The first-order valence-electron chi connectivity index (χ1n) is 8.20. The van der Waals surface area contributed by atoms with Gasteiger partial charge in [0, 0.05) is 56.6 Å². The zero-order chi connectivity index (χ0) is 14.9. The lowest BCUT2D eigenvalue weighted by atomic mass is 10.0. The molecule has 0 radical (unpaired) electrons. The van der Waals surface area contributed by atoms with E-state index in [4.69, 9.17) is 0 Å². The molecule has 22 heavy (non-hydrogen) atoms. The molecule has 2 aromatic heterocycles. The Balaban J connectivity index is 1.52. The fourth-order valence-electron chi connectivity index (χ4n) is 3.70. The number of likely N-dealkylation sites (N-methyl/N-ethyl adjacent to an activating group) is 1. The van der Waals surface area contributed by atoms with Crippen LogP contribution in [0.4, 0.5) is 5.82 Å². The van der Waals surface area contributed by atoms with E-state index in [-0.39, 0.29) is 0 Å². The van der Waals surface area contributed by atoms with E-state index in [0.29, 0.717) is 6.04 Å². The van der Waals surface area contributed by atoms with Gasteiger partial charge in [-0.25, -0.2) is 9.97 Å². The van der Waals surface area contributed by atoms with Gasteiger partial charge in [0.15, 0.2) is 0 Å². The fourth-order valence-corrected chi connectivity index (χ4v) is 3.70. The van der Waals surface area contributed by atoms with E-state index in [0.717, 1.165) is 32.6 Å². The molecule has 0 unspecified atom stereocenters. The summed E-state index contributed by atoms with van der Waals surface area (Å²) in [5.41, 5.74) is 2.59. The lowest BCUT2D eigenvalue weighted by Gasteiger charge is -2.36. The van der Waals surface area contributed by atoms with E-state index in [9.17, 15) is 0 Å². The van der Waals surface area contributed by atoms with Crippen molar-refractivity contribution in [1.29, 1.82) is 0 Å². The fraction of sp³-hybridized carbons (Fsp3) is 0.529. The Hall–Kier alpha value is -1.88. The van der Waals surface area contributed by atoms with Crippen LogP contribution in [-0.2, 0) is 13.0 Å². The number of anilines is 1. The molecule has 4 rings (SSSR count). The Kier molecular flexibility index (Phi) is 3.58. The van der Waals surface area contributed by atoms with Crippen LogP contribution in [0.15, 0.2) is 30.9 Å². The lowest BCUT2D eigenvalue weighted by molar-refractivity contribution is 0.308. The highest BCUT2D eigenvalue weighted by Crippen LogP contribution is 2.30. The van der Waals surface area contributed by atoms with Crippen LogP contribution >= 0.6 is 0 Å². The van der Waals surface area contributed by atoms with Crippen LogP contribution in [0.3, 0.4) is 0 Å². The number of rotatable bonds is 2. The number of hydrogen-bond donors (Lipinski definition) is 0. The summed E-state index contributed by atoms with van der Waals surface area (Å²) in [6, 6.07) is 4.86. The van der Waals surface area contributed by atoms with Crippen molar-refractivity contribution in [2.45, 2.75) is 31.8 Å². The van der Waals surface area contributed by atoms with Crippen LogP contribution in [0, 0.1) is 0 Å². The van der Waals surface area contributed by atoms with Crippen molar-refractivity contribution < 1.29 is 0 Å². The highest BCUT2D eigenvalue weighted by molar-refractivity contribution is 5.49. The molecular formula is C17H23N5. The van der Waals surface area contributed by atoms with Crippen molar-refractivity contribution in [2.24, 2.45) is 0 Å². The average molecular weight is 297 g/mol. The average Bonchev–Trinajstić information content (AvgIpc) is 3.09. The molecule has 2 aliphatic rings. The van der Waals surface area contributed by atoms with Crippen LogP contribution in [0.25, 0.3) is 0 Å². The molecule has 116 valence electrons. The minimum absolute atomic E-state index is 0.631. The number of piperidine rings is 1. The lowest BCUT2D eigenvalue weighted by Crippen LogP contribution is -2.37. The summed E-state index contributed by atoms with van der Waals surface area (Å²) in [4.78, 5) is 13.9. The van der Waals surface area contributed by atoms with Gasteiger partial charge in [-0.05, 0) is 32.0 Å². The summed E-state index contributed by atoms with van der Waals surface area (Å²) in [6.45, 7) is 4.23. The molecule has 4 heterocycles. The zero-order valence-corrected chi connectivity index (χ0v) is 13.1. The summed E-state index contributed by atoms with van der Waals surface area (Å²) >= 11 is 0. The molecule has 1 fully saturated rings. The summed E-state index contributed by atoms with van der Waals surface area (Å²) in [5.74, 6) is 1.17. The number of nitrogens with zero attached hydrogens (tertiary/aromatic N) is 5. The van der Waals surface area contributed by atoms with E-state index in [1.165, 1.54) is 29.9 Å². The zero-order valence-electron chi connectivity index (χ0n) is 13.1. The van der Waals surface area contributed by atoms with Crippen molar-refractivity contribution in [3.63, 3.8) is 0 Å². The summed E-state index contributed by atoms with van der Waals surface area (Å²) < 4.78 is 2.35. The van der Waals surface area contributed by atoms with Crippen LogP contribution in [0.5, 0.6) is 0 Å². The molecule has 2 aromatic rings. The second-order valence-electron chi connectivity index (χ2n) is 6.46. The molecule has 0 aliphatic carbocycles. The molecule has 2 aliphatic heterocycles. The third kappa shape index (κ3) is 2.50. The maximum Gasteiger partial charge on any atom is 0.136 e. The molecule has 5 heteroatoms. The van der Waals surface area contributed by atoms with Gasteiger partial charge in [-0.1, -0.05) is 0 Å². The standard InChI is InChI=1S/C17H23N5/c1-20-9-6-16-15(12-20)17(19-13-18-16)22-10-4-14(5-11-22)21-7-2-3-8-21/h2-3,7-8,13-14H,4-6,9-12H2,1H3. The van der Waals surface area contributed by atoms with Gasteiger partial charge < -0.3 is 14.4 Å². The van der Waals surface area contributed by atoms with Gasteiger partial charge in [-0.2, -0.15) is 0 Å². The molecule has 0 N–H and O–H groups in total. The Morgan fingerprint density at radius 1 is 1.05 bits per heavy atom. The van der Waals surface area contributed by atoms with Crippen LogP contribution in [0.1, 0.15) is 30.1 Å². The van der Waals surface area contributed by atoms with Crippen molar-refractivity contribution in [3.8, 4) is 0 Å². The van der Waals surface area contributed by atoms with E-state index in [2.05, 4.69) is 55.9 Å². The largest absolute Gasteiger partial charge is 0.356 e. The molecule has 5 nitrogen and oxygen atoms in total. The first-order valence-corrected chi connectivity index (χ1v) is 8.20. The quantitative estimate of drug-likeness (QED) is 0.851. The molecule has 0 atom stereocenters. The molecule has 0 amide bonds. The number of hydrogen-bond acceptors (Lipinski definition) is 4. The minimum atomic E-state index is 0.631. The van der Waals surface area contributed by atoms with Crippen LogP contribution < -0.4 is 4.90 Å². The number of aromatic nitrogens is 3. The van der Waals surface area contributed by atoms with Gasteiger partial charge >= 0.3 is 0 Å². The molecule has 0 bridgehead atoms. The van der Waals surface area contributed by atoms with Gasteiger partial charge in [0.2, 0.25) is 0 Å². The first kappa shape index (κ1) is 13.8. The Morgan fingerprint density at radius 2 is 1.82 bits per heavy atom. The Labute approximate surface area is 131 Å². The Morgan fingerprint density at radius 3 is 2.59 bits per heavy atom. The summed E-state index contributed by atoms with van der Waals surface area (Å²) in [5, 5.41) is 0. The maximum absolute atomic E-state index is 4.62. The molecule has 0 saturated carbocycles. The van der Waals surface area contributed by atoms with E-state index in [1.807, 2.05) is 0 Å². The summed E-state index contributed by atoms with van der Waals surface area (Å²) in [6.07, 6.45) is 9.52. The predicted molar refractivity (Wildman–Crippen MR) is 87.0 cm³/mol. The topological polar surface area (TPSA) is 37.2 Å². The first-order chi connectivity index (χ1) is 10.8. The van der Waals surface area contributed by atoms with Gasteiger partial charge in [0.1, 0.15) is 12.1 Å². The summed E-state index contributed by atoms with van der Waals surface area (Å²) in [7, 11) is 2.18. The predicted octanol–water partition coefficient (Wildman–Crippen LogP) is 2.11. The van der Waals surface area contributed by atoms with Gasteiger partial charge in [-0.3, -0.25) is 0 Å². The highest BCUT2D eigenvalue weighted by atomic mass is 15.2. The van der Waals surface area contributed by atoms with Crippen LogP contribution in [0.2, 0.25) is 0 Å². The van der Waals surface area contributed by atoms with Gasteiger partial charge in [-0.15, -0.1) is 0 Å². The second kappa shape index (κ2) is 5.72. The number of fused-ring (bicyclic) bond motifs is 1. The van der Waals surface area contributed by atoms with E-state index >= 15 is 0 Å². The van der Waals surface area contributed by atoms with Crippen molar-refractivity contribution >= 4 is 5.82 Å². The molecule has 0 aromatic carbocycles. The highest BCUT2D eigenvalue weighted by Gasteiger charge is 2.26. The monoisotopic (exact) mass is 297 g/mol. The maximum atomic E-state index is 4.62. The van der Waals surface area contributed by atoms with Gasteiger partial charge in [0.05, 0.1) is 5.69 Å². The molecule has 0 spiro atoms. The van der Waals surface area contributed by atoms with E-state index in [1.54, 1.807) is 6.33 Å². The third-order valence-corrected chi connectivity index (χ3v) is 4.98. The SMILES string of the molecule is CN1CCc2ncnc(N3CCC(n4cccc4)CC3)c2C1. The van der Waals surface area contributed by atoms with Crippen molar-refractivity contribution in [2.75, 3.05) is 31.6 Å². The normalized spacial score (nSPS) is 20.1. The van der Waals surface area contributed by atoms with Crippen molar-refractivity contribution in [3.05, 3.63) is 42.1 Å². The van der Waals surface area contributed by atoms with E-state index < -0.39 is 0 Å². The Bertz CT molecular complexity index is 629. The smallest absolute Gasteiger partial charge is 0.136 e. The second-order valence-corrected chi connectivity index (χ2v) is 6.46. The minimum Gasteiger partial charge on any atom is -0.356 e. The van der Waals surface area contributed by atoms with Gasteiger partial charge in [0.25, 0.3) is 0 Å².